The fourth-order valence-electron chi connectivity index (χ4n) is 1.81. The highest BCUT2D eigenvalue weighted by molar-refractivity contribution is 5.97. The Kier molecular flexibility index (Phi) is 2.57. The molecule has 0 aliphatic heterocycles. The highest BCUT2D eigenvalue weighted by Gasteiger charge is 2.27. The lowest BCUT2D eigenvalue weighted by molar-refractivity contribution is 0.0739. The van der Waals surface area contributed by atoms with Crippen LogP contribution in [0.5, 0.6) is 0 Å². The molecule has 1 amide bonds. The van der Waals surface area contributed by atoms with E-state index in [-0.39, 0.29) is 5.95 Å². The predicted octanol–water partition coefficient (Wildman–Crippen LogP) is 1.75. The lowest BCUT2D eigenvalue weighted by Gasteiger charge is -2.32. The van der Waals surface area contributed by atoms with Crippen LogP contribution >= 0.6 is 0 Å². The van der Waals surface area contributed by atoms with Gasteiger partial charge >= 0.3 is 0 Å². The summed E-state index contributed by atoms with van der Waals surface area (Å²) in [5, 5.41) is 15.7. The second-order valence-electron chi connectivity index (χ2n) is 6.14. The van der Waals surface area contributed by atoms with Crippen LogP contribution in [0.25, 0.3) is 0 Å². The van der Waals surface area contributed by atoms with Gasteiger partial charge < -0.3 is 21.5 Å². The number of carbonyl (C=O) groups excluding carboxylic acids is 1. The Morgan fingerprint density at radius 1 is 1.61 bits per heavy atom. The maximum atomic E-state index is 11.9. The molecule has 128 valence electrons. The number of aromatic nitrogens is 2. The molecule has 1 heterocycles. The first-order valence-electron chi connectivity index (χ1n) is 11.5. The molecule has 0 radical (unpaired) electrons. The molecule has 1 aliphatic rings. The molecule has 2 rings (SSSR count). The van der Waals surface area contributed by atoms with Crippen molar-refractivity contribution in [1.29, 1.82) is 0 Å². The number of hydrogen-bond acceptors (Lipinski definition) is 6. The Balaban J connectivity index is 2.66. The van der Waals surface area contributed by atoms with Crippen molar-refractivity contribution in [3.8, 4) is 0 Å². The third kappa shape index (κ3) is 4.79. The van der Waals surface area contributed by atoms with E-state index in [9.17, 15) is 9.90 Å². The maximum absolute atomic E-state index is 11.9. The Labute approximate surface area is 149 Å². The molecule has 3 atom stereocenters. The van der Waals surface area contributed by atoms with Gasteiger partial charge in [0, 0.05) is 27.3 Å². The second kappa shape index (κ2) is 6.70. The molecule has 5 N–H and O–H groups in total. The molecule has 7 heteroatoms. The zero-order chi connectivity index (χ0) is 25.1. The van der Waals surface area contributed by atoms with Crippen LogP contribution in [0.2, 0.25) is 0 Å². The van der Waals surface area contributed by atoms with Crippen molar-refractivity contribution in [3.05, 3.63) is 11.8 Å². The molecule has 0 bridgehead atoms. The summed E-state index contributed by atoms with van der Waals surface area (Å²) in [5.74, 6) is -3.74. The van der Waals surface area contributed by atoms with E-state index in [1.165, 1.54) is 0 Å². The van der Waals surface area contributed by atoms with Gasteiger partial charge in [0.05, 0.1) is 14.4 Å². The van der Waals surface area contributed by atoms with Gasteiger partial charge in [-0.2, -0.15) is 4.98 Å². The van der Waals surface area contributed by atoms with Gasteiger partial charge in [-0.05, 0) is 45.9 Å². The van der Waals surface area contributed by atoms with E-state index < -0.39 is 66.9 Å². The van der Waals surface area contributed by atoms with E-state index >= 15 is 0 Å². The fraction of sp³-hybridized carbons (Fsp3) is 0.688. The van der Waals surface area contributed by atoms with Crippen LogP contribution in [0.3, 0.4) is 0 Å². The summed E-state index contributed by atoms with van der Waals surface area (Å²) < 4.78 is 72.5. The first kappa shape index (κ1) is 8.82. The van der Waals surface area contributed by atoms with E-state index in [1.807, 2.05) is 0 Å². The van der Waals surface area contributed by atoms with Crippen molar-refractivity contribution in [3.63, 3.8) is 0 Å². The van der Waals surface area contributed by atoms with E-state index in [0.717, 1.165) is 6.20 Å². The van der Waals surface area contributed by atoms with Gasteiger partial charge in [0.25, 0.3) is 5.91 Å². The number of rotatable bonds is 4. The normalized spacial score (nSPS) is 42.1. The smallest absolute Gasteiger partial charge is 0.254 e. The van der Waals surface area contributed by atoms with Gasteiger partial charge in [0.2, 0.25) is 5.95 Å². The summed E-state index contributed by atoms with van der Waals surface area (Å²) in [6.45, 7) is 2.27. The fourth-order valence-corrected chi connectivity index (χ4v) is 1.81. The van der Waals surface area contributed by atoms with Gasteiger partial charge in [-0.15, -0.1) is 0 Å². The Morgan fingerprint density at radius 3 is 2.96 bits per heavy atom. The third-order valence-corrected chi connectivity index (χ3v) is 2.85. The zero-order valence-electron chi connectivity index (χ0n) is 22.2. The summed E-state index contributed by atoms with van der Waals surface area (Å²) in [7, 11) is 0. The van der Waals surface area contributed by atoms with Crippen LogP contribution < -0.4 is 16.4 Å². The molecule has 0 aromatic carbocycles. The quantitative estimate of drug-likeness (QED) is 0.669. The van der Waals surface area contributed by atoms with Crippen molar-refractivity contribution in [2.24, 2.45) is 11.7 Å². The van der Waals surface area contributed by atoms with Crippen LogP contribution in [-0.4, -0.2) is 38.6 Å². The monoisotopic (exact) mass is 330 g/mol. The molecule has 1 aromatic rings. The molecule has 0 saturated heterocycles. The predicted molar refractivity (Wildman–Crippen MR) is 90.4 cm³/mol. The lowest BCUT2D eigenvalue weighted by Crippen LogP contribution is -2.36. The Bertz CT molecular complexity index is 901. The summed E-state index contributed by atoms with van der Waals surface area (Å²) in [4.78, 5) is 19.8. The average molecular weight is 330 g/mol. The van der Waals surface area contributed by atoms with Crippen LogP contribution in [0, 0.1) is 5.92 Å². The summed E-state index contributed by atoms with van der Waals surface area (Å²) in [5.41, 5.74) is 4.39. The average Bonchev–Trinajstić information content (AvgIpc) is 2.55. The number of carbonyl (C=O) groups is 1. The molecule has 7 nitrogen and oxygen atoms in total. The standard InChI is InChI=1S/C16H27N5O2/c1-9-5-6-10(7-12(9)22)19-14-11(13(17)23)8-18-15(20-14)21-16(2,3)4/h8-10,12,22H,5-7H2,1-4H3,(H2,17,23)(H2,18,19,20,21)/i1D3,6D2,7D2,10D,12D. The molecule has 1 saturated carbocycles. The van der Waals surface area contributed by atoms with Crippen molar-refractivity contribution < 1.29 is 22.2 Å². The van der Waals surface area contributed by atoms with Gasteiger partial charge in [-0.25, -0.2) is 4.98 Å². The minimum atomic E-state index is -3.49. The van der Waals surface area contributed by atoms with E-state index in [2.05, 4.69) is 20.6 Å². The molecule has 1 fully saturated rings. The van der Waals surface area contributed by atoms with E-state index in [4.69, 9.17) is 18.1 Å². The van der Waals surface area contributed by atoms with E-state index in [1.54, 1.807) is 20.8 Å². The van der Waals surface area contributed by atoms with Crippen LogP contribution in [-0.2, 0) is 0 Å². The number of anilines is 2. The lowest BCUT2D eigenvalue weighted by atomic mass is 9.85. The zero-order valence-corrected chi connectivity index (χ0v) is 13.2. The number of hydrogen-bond donors (Lipinski definition) is 4. The summed E-state index contributed by atoms with van der Waals surface area (Å²) in [6.07, 6.45) is -9.84. The SMILES string of the molecule is [2H]C([2H])([2H])C1CC([2H])([2H])C([2H])(Nc2nc(NC(C)(C)C)ncc2C(N)=O)C([2H])([2H])C1([2H])O. The number of nitrogens with two attached hydrogens (primary N) is 1. The van der Waals surface area contributed by atoms with Crippen LogP contribution in [0.1, 0.15) is 69.5 Å². The van der Waals surface area contributed by atoms with E-state index in [0.29, 0.717) is 0 Å². The van der Waals surface area contributed by atoms with Gasteiger partial charge in [0.15, 0.2) is 0 Å². The number of nitrogens with zero attached hydrogens (tertiary/aromatic N) is 2. The summed E-state index contributed by atoms with van der Waals surface area (Å²) >= 11 is 0. The molecule has 23 heavy (non-hydrogen) atoms. The summed E-state index contributed by atoms with van der Waals surface area (Å²) in [6, 6.07) is -3.14. The first-order valence-corrected chi connectivity index (χ1v) is 7.02. The number of amides is 1. The van der Waals surface area contributed by atoms with Crippen molar-refractivity contribution in [1.82, 2.24) is 9.97 Å². The topological polar surface area (TPSA) is 113 Å². The molecule has 0 spiro atoms. The maximum Gasteiger partial charge on any atom is 0.254 e. The Hall–Kier alpha value is -1.89. The van der Waals surface area contributed by atoms with Crippen molar-refractivity contribution in [2.75, 3.05) is 10.6 Å². The van der Waals surface area contributed by atoms with Crippen LogP contribution in [0.4, 0.5) is 11.8 Å². The van der Waals surface area contributed by atoms with Gasteiger partial charge in [-0.3, -0.25) is 4.79 Å². The highest BCUT2D eigenvalue weighted by atomic mass is 16.3. The molecule has 1 aliphatic carbocycles. The number of nitrogens with one attached hydrogen (secondary N) is 2. The number of aliphatic hydroxyl groups is 1. The Morgan fingerprint density at radius 2 is 2.35 bits per heavy atom. The molecule has 1 aromatic heterocycles. The van der Waals surface area contributed by atoms with Gasteiger partial charge in [-0.1, -0.05) is 6.85 Å². The van der Waals surface area contributed by atoms with Crippen molar-refractivity contribution >= 4 is 17.7 Å². The van der Waals surface area contributed by atoms with Gasteiger partial charge in [0.1, 0.15) is 5.82 Å². The molecular weight excluding hydrogens is 294 g/mol. The minimum absolute atomic E-state index is 0.0490. The highest BCUT2D eigenvalue weighted by Crippen LogP contribution is 2.27. The first-order chi connectivity index (χ1) is 14.1. The molecular formula is C16H27N5O2. The largest absolute Gasteiger partial charge is 0.393 e. The number of primary amides is 1. The minimum Gasteiger partial charge on any atom is -0.393 e. The van der Waals surface area contributed by atoms with Crippen molar-refractivity contribution in [2.45, 2.75) is 64.4 Å². The second-order valence-corrected chi connectivity index (χ2v) is 6.14. The third-order valence-electron chi connectivity index (χ3n) is 2.85. The molecule has 3 unspecified atom stereocenters. The van der Waals surface area contributed by atoms with Crippen LogP contribution in [0.15, 0.2) is 6.20 Å².